The Kier molecular flexibility index (Phi) is 3.84. The van der Waals surface area contributed by atoms with Crippen molar-refractivity contribution >= 4 is 11.7 Å². The molecule has 0 aliphatic rings. The van der Waals surface area contributed by atoms with Crippen LogP contribution in [0.2, 0.25) is 0 Å². The molecule has 5 nitrogen and oxygen atoms in total. The fourth-order valence-corrected chi connectivity index (χ4v) is 1.13. The Balaban J connectivity index is 2.78. The van der Waals surface area contributed by atoms with Crippen molar-refractivity contribution in [2.24, 2.45) is 0 Å². The second-order valence-corrected chi connectivity index (χ2v) is 3.93. The number of aromatic nitrogens is 1. The Morgan fingerprint density at radius 3 is 2.88 bits per heavy atom. The smallest absolute Gasteiger partial charge is 0.337 e. The number of carboxylic acid groups (broad SMARTS) is 1. The molecular weight excluding hydrogens is 208 g/mol. The van der Waals surface area contributed by atoms with Gasteiger partial charge in [0.15, 0.2) is 0 Å². The molecule has 0 aliphatic carbocycles. The zero-order valence-electron chi connectivity index (χ0n) is 9.40. The van der Waals surface area contributed by atoms with Gasteiger partial charge in [-0.15, -0.1) is 0 Å². The van der Waals surface area contributed by atoms with Crippen LogP contribution in [0, 0.1) is 0 Å². The van der Waals surface area contributed by atoms with E-state index >= 15 is 0 Å². The average Bonchev–Trinajstić information content (AvgIpc) is 2.27. The fraction of sp³-hybridized carbons (Fsp3) is 0.455. The number of aliphatic hydroxyl groups is 1. The lowest BCUT2D eigenvalue weighted by molar-refractivity contribution is 0.0677. The monoisotopic (exact) mass is 224 g/mol. The van der Waals surface area contributed by atoms with Crippen LogP contribution < -0.4 is 5.32 Å². The summed E-state index contributed by atoms with van der Waals surface area (Å²) in [6.45, 7) is 3.84. The molecule has 1 aromatic rings. The van der Waals surface area contributed by atoms with Crippen LogP contribution in [-0.4, -0.2) is 33.3 Å². The molecule has 1 aromatic heterocycles. The van der Waals surface area contributed by atoms with Gasteiger partial charge in [-0.25, -0.2) is 4.79 Å². The highest BCUT2D eigenvalue weighted by molar-refractivity contribution is 5.93. The first-order valence-electron chi connectivity index (χ1n) is 5.10. The number of nitrogens with zero attached hydrogens (tertiary/aromatic N) is 1. The van der Waals surface area contributed by atoms with Crippen molar-refractivity contribution in [2.75, 3.05) is 11.9 Å². The standard InChI is InChI=1S/C11H16N2O3/c1-3-11(2,16)7-13-9-6-12-5-4-8(9)10(14)15/h4-6,13,16H,3,7H2,1-2H3,(H,14,15). The molecule has 0 bridgehead atoms. The fourth-order valence-electron chi connectivity index (χ4n) is 1.13. The molecule has 1 rings (SSSR count). The van der Waals surface area contributed by atoms with E-state index in [4.69, 9.17) is 5.11 Å². The van der Waals surface area contributed by atoms with E-state index in [1.165, 1.54) is 18.5 Å². The highest BCUT2D eigenvalue weighted by Crippen LogP contribution is 2.16. The van der Waals surface area contributed by atoms with Crippen molar-refractivity contribution < 1.29 is 15.0 Å². The molecule has 0 fully saturated rings. The predicted molar refractivity (Wildman–Crippen MR) is 60.6 cm³/mol. The summed E-state index contributed by atoms with van der Waals surface area (Å²) in [6.07, 6.45) is 3.45. The third-order valence-electron chi connectivity index (χ3n) is 2.47. The van der Waals surface area contributed by atoms with Crippen molar-refractivity contribution in [1.29, 1.82) is 0 Å². The van der Waals surface area contributed by atoms with E-state index in [0.29, 0.717) is 12.1 Å². The summed E-state index contributed by atoms with van der Waals surface area (Å²) >= 11 is 0. The van der Waals surface area contributed by atoms with Crippen LogP contribution in [-0.2, 0) is 0 Å². The van der Waals surface area contributed by atoms with Gasteiger partial charge in [-0.1, -0.05) is 6.92 Å². The van der Waals surface area contributed by atoms with E-state index in [0.717, 1.165) is 0 Å². The minimum Gasteiger partial charge on any atom is -0.478 e. The maximum atomic E-state index is 10.9. The van der Waals surface area contributed by atoms with Crippen molar-refractivity contribution in [2.45, 2.75) is 25.9 Å². The van der Waals surface area contributed by atoms with Gasteiger partial charge in [0, 0.05) is 12.7 Å². The largest absolute Gasteiger partial charge is 0.478 e. The third kappa shape index (κ3) is 3.20. The zero-order chi connectivity index (χ0) is 12.2. The van der Waals surface area contributed by atoms with Gasteiger partial charge in [0.25, 0.3) is 0 Å². The summed E-state index contributed by atoms with van der Waals surface area (Å²) in [5.41, 5.74) is -0.281. The molecular formula is C11H16N2O3. The highest BCUT2D eigenvalue weighted by Gasteiger charge is 2.18. The van der Waals surface area contributed by atoms with E-state index in [-0.39, 0.29) is 12.1 Å². The van der Waals surface area contributed by atoms with Crippen molar-refractivity contribution in [3.05, 3.63) is 24.0 Å². The molecule has 16 heavy (non-hydrogen) atoms. The first kappa shape index (κ1) is 12.4. The third-order valence-corrected chi connectivity index (χ3v) is 2.47. The summed E-state index contributed by atoms with van der Waals surface area (Å²) in [4.78, 5) is 14.7. The number of pyridine rings is 1. The molecule has 5 heteroatoms. The molecule has 0 radical (unpaired) electrons. The number of nitrogens with one attached hydrogen (secondary N) is 1. The van der Waals surface area contributed by atoms with Gasteiger partial charge < -0.3 is 15.5 Å². The van der Waals surface area contributed by atoms with Gasteiger partial charge in [-0.3, -0.25) is 4.98 Å². The summed E-state index contributed by atoms with van der Waals surface area (Å²) in [5, 5.41) is 21.6. The van der Waals surface area contributed by atoms with E-state index in [2.05, 4.69) is 10.3 Å². The van der Waals surface area contributed by atoms with Gasteiger partial charge in [0.05, 0.1) is 23.0 Å². The lowest BCUT2D eigenvalue weighted by atomic mass is 10.0. The van der Waals surface area contributed by atoms with Crippen LogP contribution in [0.1, 0.15) is 30.6 Å². The van der Waals surface area contributed by atoms with Crippen molar-refractivity contribution in [3.8, 4) is 0 Å². The van der Waals surface area contributed by atoms with Gasteiger partial charge in [-0.05, 0) is 19.4 Å². The molecule has 0 aliphatic heterocycles. The van der Waals surface area contributed by atoms with Crippen LogP contribution in [0.25, 0.3) is 0 Å². The molecule has 88 valence electrons. The van der Waals surface area contributed by atoms with E-state index < -0.39 is 11.6 Å². The highest BCUT2D eigenvalue weighted by atomic mass is 16.4. The lowest BCUT2D eigenvalue weighted by Gasteiger charge is -2.22. The normalized spacial score (nSPS) is 14.2. The number of hydrogen-bond donors (Lipinski definition) is 3. The van der Waals surface area contributed by atoms with Gasteiger partial charge in [-0.2, -0.15) is 0 Å². The quantitative estimate of drug-likeness (QED) is 0.703. The summed E-state index contributed by atoms with van der Waals surface area (Å²) in [5.74, 6) is -1.01. The molecule has 1 unspecified atom stereocenters. The zero-order valence-corrected chi connectivity index (χ0v) is 9.40. The van der Waals surface area contributed by atoms with E-state index in [1.807, 2.05) is 6.92 Å². The number of rotatable bonds is 5. The van der Waals surface area contributed by atoms with Gasteiger partial charge in [0.1, 0.15) is 0 Å². The van der Waals surface area contributed by atoms with Crippen LogP contribution >= 0.6 is 0 Å². The molecule has 0 saturated heterocycles. The molecule has 0 amide bonds. The SMILES string of the molecule is CCC(C)(O)CNc1cnccc1C(=O)O. The summed E-state index contributed by atoms with van der Waals surface area (Å²) in [7, 11) is 0. The van der Waals surface area contributed by atoms with Crippen LogP contribution in [0.4, 0.5) is 5.69 Å². The van der Waals surface area contributed by atoms with Crippen LogP contribution in [0.15, 0.2) is 18.5 Å². The molecule has 1 atom stereocenters. The van der Waals surface area contributed by atoms with Crippen molar-refractivity contribution in [1.82, 2.24) is 4.98 Å². The summed E-state index contributed by atoms with van der Waals surface area (Å²) < 4.78 is 0. The molecule has 3 N–H and O–H groups in total. The number of hydrogen-bond acceptors (Lipinski definition) is 4. The van der Waals surface area contributed by atoms with E-state index in [9.17, 15) is 9.90 Å². The lowest BCUT2D eigenvalue weighted by Crippen LogP contribution is -2.32. The Hall–Kier alpha value is -1.62. The number of aromatic carboxylic acids is 1. The van der Waals surface area contributed by atoms with Gasteiger partial charge >= 0.3 is 5.97 Å². The Labute approximate surface area is 94.1 Å². The summed E-state index contributed by atoms with van der Waals surface area (Å²) in [6, 6.07) is 1.42. The van der Waals surface area contributed by atoms with Crippen LogP contribution in [0.5, 0.6) is 0 Å². The Morgan fingerprint density at radius 2 is 2.31 bits per heavy atom. The second-order valence-electron chi connectivity index (χ2n) is 3.93. The Bertz CT molecular complexity index is 377. The maximum Gasteiger partial charge on any atom is 0.337 e. The predicted octanol–water partition coefficient (Wildman–Crippen LogP) is 1.35. The number of anilines is 1. The minimum absolute atomic E-state index is 0.155. The average molecular weight is 224 g/mol. The first-order valence-corrected chi connectivity index (χ1v) is 5.10. The number of carboxylic acids is 1. The molecule has 0 saturated carbocycles. The molecule has 0 spiro atoms. The number of carbonyl (C=O) groups is 1. The minimum atomic E-state index is -1.01. The van der Waals surface area contributed by atoms with Crippen LogP contribution in [0.3, 0.4) is 0 Å². The van der Waals surface area contributed by atoms with Crippen molar-refractivity contribution in [3.63, 3.8) is 0 Å². The second kappa shape index (κ2) is 4.94. The van der Waals surface area contributed by atoms with Gasteiger partial charge in [0.2, 0.25) is 0 Å². The maximum absolute atomic E-state index is 10.9. The molecule has 0 aromatic carbocycles. The first-order chi connectivity index (χ1) is 7.46. The Morgan fingerprint density at radius 1 is 1.62 bits per heavy atom. The van der Waals surface area contributed by atoms with E-state index in [1.54, 1.807) is 6.92 Å². The topological polar surface area (TPSA) is 82.5 Å². The molecule has 1 heterocycles.